The molecule has 2 fully saturated rings. The van der Waals surface area contributed by atoms with Gasteiger partial charge in [0.25, 0.3) is 0 Å². The van der Waals surface area contributed by atoms with E-state index in [1.54, 1.807) is 0 Å². The van der Waals surface area contributed by atoms with Gasteiger partial charge in [-0.05, 0) is 80.7 Å². The maximum Gasteiger partial charge on any atom is 0.324 e. The van der Waals surface area contributed by atoms with E-state index in [1.165, 1.54) is 18.2 Å². The second kappa shape index (κ2) is 8.11. The number of methoxy groups -OCH3 is 1. The van der Waals surface area contributed by atoms with E-state index in [9.17, 15) is 9.59 Å². The Morgan fingerprint density at radius 1 is 1.14 bits per heavy atom. The minimum atomic E-state index is -0.112. The summed E-state index contributed by atoms with van der Waals surface area (Å²) in [6, 6.07) is 6.83. The molecule has 1 aromatic carbocycles. The van der Waals surface area contributed by atoms with Crippen molar-refractivity contribution < 1.29 is 14.3 Å². The molecule has 2 N–H and O–H groups in total. The van der Waals surface area contributed by atoms with E-state index in [-0.39, 0.29) is 24.0 Å². The lowest BCUT2D eigenvalue weighted by Gasteiger charge is -2.33. The molecular weight excluding hydrogens is 354 g/mol. The number of hydrogen-bond donors (Lipinski definition) is 1. The van der Waals surface area contributed by atoms with Gasteiger partial charge in [0.05, 0.1) is 13.0 Å². The molecule has 6 nitrogen and oxygen atoms in total. The number of carbonyl (C=O) groups is 2. The van der Waals surface area contributed by atoms with Crippen molar-refractivity contribution in [1.29, 1.82) is 0 Å². The number of aryl methyl sites for hydroxylation is 1. The predicted octanol–water partition coefficient (Wildman–Crippen LogP) is 2.72. The zero-order valence-electron chi connectivity index (χ0n) is 16.7. The van der Waals surface area contributed by atoms with Gasteiger partial charge in [0, 0.05) is 24.8 Å². The van der Waals surface area contributed by atoms with Crippen LogP contribution >= 0.6 is 0 Å². The van der Waals surface area contributed by atoms with Gasteiger partial charge in [-0.15, -0.1) is 0 Å². The minimum Gasteiger partial charge on any atom is -0.469 e. The molecule has 1 saturated heterocycles. The van der Waals surface area contributed by atoms with Gasteiger partial charge in [-0.1, -0.05) is 6.07 Å². The number of fused-ring (bicyclic) bond motifs is 1. The van der Waals surface area contributed by atoms with Crippen molar-refractivity contribution >= 4 is 17.7 Å². The number of hydrogen-bond acceptors (Lipinski definition) is 4. The van der Waals surface area contributed by atoms with E-state index in [1.807, 2.05) is 9.80 Å². The molecule has 4 rings (SSSR count). The zero-order chi connectivity index (χ0) is 19.7. The van der Waals surface area contributed by atoms with Crippen molar-refractivity contribution in [2.24, 2.45) is 17.6 Å². The normalized spacial score (nSPS) is 27.6. The molecule has 0 spiro atoms. The number of nitrogens with zero attached hydrogens (tertiary/aromatic N) is 2. The van der Waals surface area contributed by atoms with Crippen LogP contribution < -0.4 is 10.6 Å². The number of rotatable bonds is 4. The van der Waals surface area contributed by atoms with E-state index in [4.69, 9.17) is 10.5 Å². The Morgan fingerprint density at radius 2 is 1.93 bits per heavy atom. The molecule has 0 bridgehead atoms. The summed E-state index contributed by atoms with van der Waals surface area (Å²) in [7, 11) is 1.45. The van der Waals surface area contributed by atoms with Crippen LogP contribution in [0.15, 0.2) is 18.2 Å². The highest BCUT2D eigenvalue weighted by Crippen LogP contribution is 2.33. The van der Waals surface area contributed by atoms with Crippen LogP contribution in [-0.2, 0) is 22.4 Å². The molecule has 1 atom stereocenters. The SMILES string of the molecule is COC(=O)C1CCC(N2CCN(c3ccc4c(c3)CCC(CN)C4)C2=O)CC1. The van der Waals surface area contributed by atoms with Crippen LogP contribution in [0.2, 0.25) is 0 Å². The smallest absolute Gasteiger partial charge is 0.324 e. The fraction of sp³-hybridized carbons (Fsp3) is 0.636. The molecule has 3 aliphatic rings. The van der Waals surface area contributed by atoms with Crippen LogP contribution in [0.4, 0.5) is 10.5 Å². The summed E-state index contributed by atoms with van der Waals surface area (Å²) in [6.45, 7) is 2.25. The molecule has 28 heavy (non-hydrogen) atoms. The number of carbonyl (C=O) groups excluding carboxylic acids is 2. The summed E-state index contributed by atoms with van der Waals surface area (Å²) in [6.07, 6.45) is 6.61. The Labute approximate surface area is 167 Å². The first-order valence-corrected chi connectivity index (χ1v) is 10.6. The summed E-state index contributed by atoms with van der Waals surface area (Å²) < 4.78 is 4.87. The van der Waals surface area contributed by atoms with E-state index in [2.05, 4.69) is 18.2 Å². The highest BCUT2D eigenvalue weighted by atomic mass is 16.5. The zero-order valence-corrected chi connectivity index (χ0v) is 16.7. The number of esters is 1. The van der Waals surface area contributed by atoms with Crippen LogP contribution in [0.3, 0.4) is 0 Å². The number of anilines is 1. The quantitative estimate of drug-likeness (QED) is 0.809. The van der Waals surface area contributed by atoms with Crippen molar-refractivity contribution in [3.63, 3.8) is 0 Å². The highest BCUT2D eigenvalue weighted by Gasteiger charge is 2.37. The Kier molecular flexibility index (Phi) is 5.58. The lowest BCUT2D eigenvalue weighted by molar-refractivity contribution is -0.146. The summed E-state index contributed by atoms with van der Waals surface area (Å²) in [5.74, 6) is 0.467. The average molecular weight is 386 g/mol. The molecule has 6 heteroatoms. The highest BCUT2D eigenvalue weighted by molar-refractivity contribution is 5.94. The van der Waals surface area contributed by atoms with Gasteiger partial charge < -0.3 is 15.4 Å². The minimum absolute atomic E-state index is 0.00643. The molecule has 2 amide bonds. The van der Waals surface area contributed by atoms with Crippen molar-refractivity contribution in [2.75, 3.05) is 31.6 Å². The third-order valence-electron chi connectivity index (χ3n) is 6.88. The molecule has 1 saturated carbocycles. The number of ether oxygens (including phenoxy) is 1. The van der Waals surface area contributed by atoms with E-state index in [0.717, 1.165) is 70.3 Å². The number of urea groups is 1. The fourth-order valence-corrected chi connectivity index (χ4v) is 5.11. The first-order chi connectivity index (χ1) is 13.6. The Balaban J connectivity index is 1.41. The molecule has 1 aliphatic heterocycles. The predicted molar refractivity (Wildman–Crippen MR) is 108 cm³/mol. The number of benzene rings is 1. The van der Waals surface area contributed by atoms with Crippen molar-refractivity contribution in [3.8, 4) is 0 Å². The molecule has 1 heterocycles. The first-order valence-electron chi connectivity index (χ1n) is 10.6. The largest absolute Gasteiger partial charge is 0.469 e. The van der Waals surface area contributed by atoms with Crippen LogP contribution in [0.1, 0.15) is 43.2 Å². The second-order valence-electron chi connectivity index (χ2n) is 8.45. The Morgan fingerprint density at radius 3 is 2.64 bits per heavy atom. The maximum atomic E-state index is 13.1. The van der Waals surface area contributed by atoms with Gasteiger partial charge >= 0.3 is 12.0 Å². The number of nitrogens with two attached hydrogens (primary N) is 1. The molecule has 2 aliphatic carbocycles. The van der Waals surface area contributed by atoms with Gasteiger partial charge in [-0.3, -0.25) is 9.69 Å². The topological polar surface area (TPSA) is 75.9 Å². The van der Waals surface area contributed by atoms with Gasteiger partial charge in [0.1, 0.15) is 0 Å². The van der Waals surface area contributed by atoms with Gasteiger partial charge in [-0.2, -0.15) is 0 Å². The van der Waals surface area contributed by atoms with Crippen LogP contribution in [0.5, 0.6) is 0 Å². The van der Waals surface area contributed by atoms with Crippen molar-refractivity contribution in [3.05, 3.63) is 29.3 Å². The van der Waals surface area contributed by atoms with Gasteiger partial charge in [0.2, 0.25) is 0 Å². The van der Waals surface area contributed by atoms with E-state index < -0.39 is 0 Å². The lowest BCUT2D eigenvalue weighted by Crippen LogP contribution is -2.42. The van der Waals surface area contributed by atoms with Crippen LogP contribution in [-0.4, -0.2) is 49.7 Å². The molecular formula is C22H31N3O3. The fourth-order valence-electron chi connectivity index (χ4n) is 5.11. The number of amides is 2. The van der Waals surface area contributed by atoms with E-state index >= 15 is 0 Å². The molecule has 1 aromatic rings. The summed E-state index contributed by atoms with van der Waals surface area (Å²) >= 11 is 0. The van der Waals surface area contributed by atoms with Crippen molar-refractivity contribution in [1.82, 2.24) is 4.90 Å². The molecule has 0 aromatic heterocycles. The second-order valence-corrected chi connectivity index (χ2v) is 8.45. The standard InChI is InChI=1S/C22H31N3O3/c1-28-21(26)16-4-7-19(8-5-16)24-10-11-25(22(24)27)20-9-6-17-12-15(14-23)2-3-18(17)13-20/h6,9,13,15-16,19H,2-5,7-8,10-12,14,23H2,1H3. The Bertz CT molecular complexity index is 743. The first kappa shape index (κ1) is 19.2. The summed E-state index contributed by atoms with van der Waals surface area (Å²) in [4.78, 5) is 28.8. The van der Waals surface area contributed by atoms with E-state index in [0.29, 0.717) is 5.92 Å². The molecule has 0 radical (unpaired) electrons. The molecule has 152 valence electrons. The third-order valence-corrected chi connectivity index (χ3v) is 6.88. The molecule has 1 unspecified atom stereocenters. The lowest BCUT2D eigenvalue weighted by atomic mass is 9.84. The monoisotopic (exact) mass is 385 g/mol. The maximum absolute atomic E-state index is 13.1. The Hall–Kier alpha value is -2.08. The van der Waals surface area contributed by atoms with Crippen LogP contribution in [0, 0.1) is 11.8 Å². The van der Waals surface area contributed by atoms with Gasteiger partial charge in [-0.25, -0.2) is 4.79 Å². The summed E-state index contributed by atoms with van der Waals surface area (Å²) in [5, 5.41) is 0. The van der Waals surface area contributed by atoms with Crippen molar-refractivity contribution in [2.45, 2.75) is 51.0 Å². The third kappa shape index (κ3) is 3.62. The van der Waals surface area contributed by atoms with Gasteiger partial charge in [0.15, 0.2) is 0 Å². The average Bonchev–Trinajstić information content (AvgIpc) is 3.13. The van der Waals surface area contributed by atoms with Crippen LogP contribution in [0.25, 0.3) is 0 Å². The summed E-state index contributed by atoms with van der Waals surface area (Å²) in [5.41, 5.74) is 9.61.